The van der Waals surface area contributed by atoms with Crippen molar-refractivity contribution in [3.8, 4) is 0 Å². The van der Waals surface area contributed by atoms with Crippen molar-refractivity contribution in [2.75, 3.05) is 6.54 Å². The fourth-order valence-electron chi connectivity index (χ4n) is 2.18. The van der Waals surface area contributed by atoms with Gasteiger partial charge in [-0.15, -0.1) is 0 Å². The molecule has 1 saturated carbocycles. The summed E-state index contributed by atoms with van der Waals surface area (Å²) in [5, 5.41) is 3.45. The molecule has 0 aromatic rings. The predicted octanol–water partition coefficient (Wildman–Crippen LogP) is 2.58. The highest BCUT2D eigenvalue weighted by Gasteiger charge is 2.30. The molecule has 0 aromatic heterocycles. The third-order valence-electron chi connectivity index (χ3n) is 2.82. The molecule has 2 nitrogen and oxygen atoms in total. The topological polar surface area (TPSA) is 21.3 Å². The van der Waals surface area contributed by atoms with Gasteiger partial charge in [-0.2, -0.15) is 0 Å². The molecule has 0 heterocycles. The molecular formula is C12H25NO. The third kappa shape index (κ3) is 3.97. The SMILES string of the molecule is CCNC1CC(OC(C)CC(C)C)C1. The van der Waals surface area contributed by atoms with Crippen molar-refractivity contribution < 1.29 is 4.74 Å². The first kappa shape index (κ1) is 12.0. The van der Waals surface area contributed by atoms with Crippen LogP contribution in [0.2, 0.25) is 0 Å². The van der Waals surface area contributed by atoms with Gasteiger partial charge in [-0.1, -0.05) is 20.8 Å². The Labute approximate surface area is 88.4 Å². The fourth-order valence-corrected chi connectivity index (χ4v) is 2.18. The van der Waals surface area contributed by atoms with Gasteiger partial charge >= 0.3 is 0 Å². The van der Waals surface area contributed by atoms with Gasteiger partial charge in [-0.05, 0) is 38.6 Å². The number of hydrogen-bond donors (Lipinski definition) is 1. The van der Waals surface area contributed by atoms with Crippen LogP contribution in [0.15, 0.2) is 0 Å². The maximum absolute atomic E-state index is 5.93. The van der Waals surface area contributed by atoms with Crippen LogP contribution in [-0.2, 0) is 4.74 Å². The van der Waals surface area contributed by atoms with Crippen LogP contribution in [0.1, 0.15) is 47.0 Å². The number of hydrogen-bond acceptors (Lipinski definition) is 2. The minimum atomic E-state index is 0.433. The summed E-state index contributed by atoms with van der Waals surface area (Å²) in [5.74, 6) is 0.745. The zero-order chi connectivity index (χ0) is 10.6. The summed E-state index contributed by atoms with van der Waals surface area (Å²) in [6.07, 6.45) is 4.55. The lowest BCUT2D eigenvalue weighted by molar-refractivity contribution is -0.0631. The van der Waals surface area contributed by atoms with E-state index in [4.69, 9.17) is 4.74 Å². The van der Waals surface area contributed by atoms with E-state index in [0.29, 0.717) is 12.2 Å². The highest BCUT2D eigenvalue weighted by Crippen LogP contribution is 2.25. The van der Waals surface area contributed by atoms with Crippen LogP contribution in [-0.4, -0.2) is 24.8 Å². The first-order valence-corrected chi connectivity index (χ1v) is 6.00. The average Bonchev–Trinajstić information content (AvgIpc) is 1.99. The van der Waals surface area contributed by atoms with E-state index in [1.54, 1.807) is 0 Å². The van der Waals surface area contributed by atoms with Crippen molar-refractivity contribution in [3.63, 3.8) is 0 Å². The van der Waals surface area contributed by atoms with Crippen molar-refractivity contribution in [2.24, 2.45) is 5.92 Å². The quantitative estimate of drug-likeness (QED) is 0.710. The molecule has 1 rings (SSSR count). The lowest BCUT2D eigenvalue weighted by Crippen LogP contribution is -2.46. The minimum absolute atomic E-state index is 0.433. The Hall–Kier alpha value is -0.0800. The Bertz CT molecular complexity index is 152. The molecule has 84 valence electrons. The standard InChI is InChI=1S/C12H25NO/c1-5-13-11-7-12(8-11)14-10(4)6-9(2)3/h9-13H,5-8H2,1-4H3. The predicted molar refractivity (Wildman–Crippen MR) is 60.5 cm³/mol. The summed E-state index contributed by atoms with van der Waals surface area (Å²) >= 11 is 0. The van der Waals surface area contributed by atoms with Gasteiger partial charge in [0.15, 0.2) is 0 Å². The molecule has 1 aliphatic carbocycles. The first-order valence-electron chi connectivity index (χ1n) is 6.00. The molecule has 1 atom stereocenters. The van der Waals surface area contributed by atoms with Crippen molar-refractivity contribution in [1.82, 2.24) is 5.32 Å². The van der Waals surface area contributed by atoms with Gasteiger partial charge in [-0.25, -0.2) is 0 Å². The molecule has 1 fully saturated rings. The van der Waals surface area contributed by atoms with Gasteiger partial charge in [0, 0.05) is 6.04 Å². The smallest absolute Gasteiger partial charge is 0.0608 e. The summed E-state index contributed by atoms with van der Waals surface area (Å²) in [6, 6.07) is 0.719. The summed E-state index contributed by atoms with van der Waals surface area (Å²) in [5.41, 5.74) is 0. The van der Waals surface area contributed by atoms with Crippen LogP contribution in [0.3, 0.4) is 0 Å². The molecule has 0 radical (unpaired) electrons. The maximum atomic E-state index is 5.93. The third-order valence-corrected chi connectivity index (χ3v) is 2.82. The van der Waals surface area contributed by atoms with Crippen molar-refractivity contribution in [2.45, 2.75) is 65.2 Å². The van der Waals surface area contributed by atoms with E-state index in [0.717, 1.165) is 18.5 Å². The largest absolute Gasteiger partial charge is 0.375 e. The van der Waals surface area contributed by atoms with Crippen LogP contribution in [0, 0.1) is 5.92 Å². The van der Waals surface area contributed by atoms with E-state index in [-0.39, 0.29) is 0 Å². The molecule has 14 heavy (non-hydrogen) atoms. The number of rotatable bonds is 6. The van der Waals surface area contributed by atoms with Gasteiger partial charge in [0.2, 0.25) is 0 Å². The second kappa shape index (κ2) is 5.72. The van der Waals surface area contributed by atoms with E-state index < -0.39 is 0 Å². The monoisotopic (exact) mass is 199 g/mol. The molecular weight excluding hydrogens is 174 g/mol. The normalized spacial score (nSPS) is 28.9. The van der Waals surface area contributed by atoms with Gasteiger partial charge in [-0.3, -0.25) is 0 Å². The number of ether oxygens (including phenoxy) is 1. The summed E-state index contributed by atoms with van der Waals surface area (Å²) in [7, 11) is 0. The average molecular weight is 199 g/mol. The molecule has 0 aromatic carbocycles. The van der Waals surface area contributed by atoms with Crippen LogP contribution in [0.5, 0.6) is 0 Å². The van der Waals surface area contributed by atoms with Gasteiger partial charge in [0.05, 0.1) is 12.2 Å². The molecule has 1 aliphatic rings. The summed E-state index contributed by atoms with van der Waals surface area (Å²) < 4.78 is 5.93. The second-order valence-corrected chi connectivity index (χ2v) is 4.92. The van der Waals surface area contributed by atoms with E-state index in [1.807, 2.05) is 0 Å². The molecule has 0 bridgehead atoms. The minimum Gasteiger partial charge on any atom is -0.375 e. The Morgan fingerprint density at radius 3 is 2.43 bits per heavy atom. The Balaban J connectivity index is 2.04. The first-order chi connectivity index (χ1) is 6.61. The zero-order valence-corrected chi connectivity index (χ0v) is 10.0. The summed E-state index contributed by atoms with van der Waals surface area (Å²) in [4.78, 5) is 0. The van der Waals surface area contributed by atoms with Crippen LogP contribution in [0.25, 0.3) is 0 Å². The van der Waals surface area contributed by atoms with E-state index in [2.05, 4.69) is 33.0 Å². The molecule has 0 saturated heterocycles. The Morgan fingerprint density at radius 2 is 1.93 bits per heavy atom. The van der Waals surface area contributed by atoms with Crippen molar-refractivity contribution >= 4 is 0 Å². The van der Waals surface area contributed by atoms with Gasteiger partial charge in [0.25, 0.3) is 0 Å². The highest BCUT2D eigenvalue weighted by atomic mass is 16.5. The van der Waals surface area contributed by atoms with E-state index in [1.165, 1.54) is 19.3 Å². The second-order valence-electron chi connectivity index (χ2n) is 4.92. The molecule has 0 spiro atoms. The number of nitrogens with one attached hydrogen (secondary N) is 1. The van der Waals surface area contributed by atoms with Crippen molar-refractivity contribution in [1.29, 1.82) is 0 Å². The molecule has 1 N–H and O–H groups in total. The fraction of sp³-hybridized carbons (Fsp3) is 1.00. The molecule has 0 amide bonds. The maximum Gasteiger partial charge on any atom is 0.0608 e. The van der Waals surface area contributed by atoms with Crippen LogP contribution >= 0.6 is 0 Å². The van der Waals surface area contributed by atoms with Gasteiger partial charge < -0.3 is 10.1 Å². The Kier molecular flexibility index (Phi) is 4.90. The lowest BCUT2D eigenvalue weighted by atomic mass is 9.89. The zero-order valence-electron chi connectivity index (χ0n) is 10.0. The molecule has 0 aliphatic heterocycles. The highest BCUT2D eigenvalue weighted by molar-refractivity contribution is 4.86. The van der Waals surface area contributed by atoms with E-state index in [9.17, 15) is 0 Å². The van der Waals surface area contributed by atoms with Crippen LogP contribution < -0.4 is 5.32 Å². The van der Waals surface area contributed by atoms with E-state index >= 15 is 0 Å². The molecule has 2 heteroatoms. The molecule has 1 unspecified atom stereocenters. The Morgan fingerprint density at radius 1 is 1.29 bits per heavy atom. The van der Waals surface area contributed by atoms with Crippen LogP contribution in [0.4, 0.5) is 0 Å². The summed E-state index contributed by atoms with van der Waals surface area (Å²) in [6.45, 7) is 9.94. The van der Waals surface area contributed by atoms with Crippen molar-refractivity contribution in [3.05, 3.63) is 0 Å². The van der Waals surface area contributed by atoms with Gasteiger partial charge in [0.1, 0.15) is 0 Å². The lowest BCUT2D eigenvalue weighted by Gasteiger charge is -2.37.